The number of nitrogens with one attached hydrogen (secondary N) is 1. The Morgan fingerprint density at radius 2 is 1.61 bits per heavy atom. The molecule has 1 amide bonds. The first kappa shape index (κ1) is 24.5. The third kappa shape index (κ3) is 7.76. The van der Waals surface area contributed by atoms with Gasteiger partial charge in [-0.2, -0.15) is 26.3 Å². The number of aromatic nitrogens is 1. The van der Waals surface area contributed by atoms with E-state index in [1.54, 1.807) is 0 Å². The van der Waals surface area contributed by atoms with Crippen molar-refractivity contribution in [1.29, 1.82) is 0 Å². The summed E-state index contributed by atoms with van der Waals surface area (Å²) in [5, 5.41) is 2.30. The summed E-state index contributed by atoms with van der Waals surface area (Å²) in [6, 6.07) is 4.07. The molecule has 0 radical (unpaired) electrons. The van der Waals surface area contributed by atoms with Gasteiger partial charge in [0.2, 0.25) is 5.88 Å². The molecule has 2 aromatic rings. The zero-order valence-electron chi connectivity index (χ0n) is 16.7. The fourth-order valence-corrected chi connectivity index (χ4v) is 2.71. The van der Waals surface area contributed by atoms with Crippen LogP contribution in [-0.2, 0) is 18.9 Å². The number of benzene rings is 1. The van der Waals surface area contributed by atoms with Crippen LogP contribution in [0.3, 0.4) is 0 Å². The van der Waals surface area contributed by atoms with Gasteiger partial charge >= 0.3 is 12.4 Å². The third-order valence-electron chi connectivity index (χ3n) is 4.35. The van der Waals surface area contributed by atoms with Crippen LogP contribution in [0.4, 0.5) is 26.3 Å². The Labute approximate surface area is 175 Å². The van der Waals surface area contributed by atoms with Gasteiger partial charge in [-0.3, -0.25) is 4.79 Å². The Hall–Kier alpha value is -2.78. The average molecular weight is 448 g/mol. The molecular formula is C21H22F6N2O2. The average Bonchev–Trinajstić information content (AvgIpc) is 2.71. The van der Waals surface area contributed by atoms with Gasteiger partial charge in [0.25, 0.3) is 5.91 Å². The smallest absolute Gasteiger partial charge is 0.416 e. The molecule has 4 nitrogen and oxygen atoms in total. The molecule has 2 rings (SSSR count). The predicted octanol–water partition coefficient (Wildman–Crippen LogP) is 6.01. The largest absolute Gasteiger partial charge is 0.478 e. The summed E-state index contributed by atoms with van der Waals surface area (Å²) in [5.74, 6) is -0.367. The van der Waals surface area contributed by atoms with Crippen LogP contribution in [-0.4, -0.2) is 17.5 Å². The lowest BCUT2D eigenvalue weighted by Gasteiger charge is -2.14. The fraction of sp³-hybridized carbons (Fsp3) is 0.429. The molecule has 170 valence electrons. The first-order valence-electron chi connectivity index (χ1n) is 9.66. The fourth-order valence-electron chi connectivity index (χ4n) is 2.71. The van der Waals surface area contributed by atoms with Crippen molar-refractivity contribution in [2.75, 3.05) is 6.61 Å². The molecule has 0 aliphatic heterocycles. The number of hydrogen-bond acceptors (Lipinski definition) is 3. The van der Waals surface area contributed by atoms with E-state index in [4.69, 9.17) is 4.74 Å². The SMILES string of the molecule is CCCCCCOc1ccc(C(=O)NCc2cc(C(F)(F)F)cc(C(F)(F)F)c2)cn1. The van der Waals surface area contributed by atoms with Crippen LogP contribution in [0.5, 0.6) is 5.88 Å². The second-order valence-corrected chi connectivity index (χ2v) is 6.89. The monoisotopic (exact) mass is 448 g/mol. The maximum absolute atomic E-state index is 12.9. The Morgan fingerprint density at radius 1 is 0.968 bits per heavy atom. The number of rotatable bonds is 9. The minimum Gasteiger partial charge on any atom is -0.478 e. The number of alkyl halides is 6. The number of pyridine rings is 1. The van der Waals surface area contributed by atoms with Crippen LogP contribution in [0.1, 0.15) is 59.7 Å². The Kier molecular flexibility index (Phi) is 8.29. The molecule has 1 heterocycles. The van der Waals surface area contributed by atoms with Crippen molar-refractivity contribution in [3.63, 3.8) is 0 Å². The molecule has 31 heavy (non-hydrogen) atoms. The molecule has 10 heteroatoms. The molecule has 1 aromatic carbocycles. The lowest BCUT2D eigenvalue weighted by molar-refractivity contribution is -0.143. The highest BCUT2D eigenvalue weighted by Crippen LogP contribution is 2.36. The number of nitrogens with zero attached hydrogens (tertiary/aromatic N) is 1. The van der Waals surface area contributed by atoms with Crippen LogP contribution < -0.4 is 10.1 Å². The molecule has 0 saturated heterocycles. The van der Waals surface area contributed by atoms with E-state index < -0.39 is 35.9 Å². The lowest BCUT2D eigenvalue weighted by atomic mass is 10.0. The van der Waals surface area contributed by atoms with E-state index >= 15 is 0 Å². The number of unbranched alkanes of at least 4 members (excludes halogenated alkanes) is 3. The lowest BCUT2D eigenvalue weighted by Crippen LogP contribution is -2.23. The van der Waals surface area contributed by atoms with Gasteiger partial charge in [-0.1, -0.05) is 26.2 Å². The number of amides is 1. The van der Waals surface area contributed by atoms with Crippen molar-refractivity contribution in [1.82, 2.24) is 10.3 Å². The maximum atomic E-state index is 12.9. The Bertz CT molecular complexity index is 831. The molecule has 1 N–H and O–H groups in total. The van der Waals surface area contributed by atoms with Crippen LogP contribution in [0.15, 0.2) is 36.5 Å². The topological polar surface area (TPSA) is 51.2 Å². The van der Waals surface area contributed by atoms with Crippen molar-refractivity contribution < 1.29 is 35.9 Å². The molecule has 0 fully saturated rings. The zero-order valence-corrected chi connectivity index (χ0v) is 16.7. The molecule has 0 aliphatic carbocycles. The highest BCUT2D eigenvalue weighted by Gasteiger charge is 2.36. The van der Waals surface area contributed by atoms with Crippen molar-refractivity contribution in [2.45, 2.75) is 51.5 Å². The molecule has 0 unspecified atom stereocenters. The number of halogens is 6. The zero-order chi connectivity index (χ0) is 23.1. The van der Waals surface area contributed by atoms with Crippen LogP contribution in [0.25, 0.3) is 0 Å². The molecule has 1 aromatic heterocycles. The summed E-state index contributed by atoms with van der Waals surface area (Å²) in [4.78, 5) is 16.2. The summed E-state index contributed by atoms with van der Waals surface area (Å²) < 4.78 is 82.9. The van der Waals surface area contributed by atoms with E-state index in [1.807, 2.05) is 0 Å². The van der Waals surface area contributed by atoms with E-state index in [0.717, 1.165) is 25.7 Å². The van der Waals surface area contributed by atoms with E-state index in [2.05, 4.69) is 17.2 Å². The van der Waals surface area contributed by atoms with Crippen LogP contribution in [0, 0.1) is 0 Å². The highest BCUT2D eigenvalue weighted by molar-refractivity contribution is 5.93. The van der Waals surface area contributed by atoms with Crippen LogP contribution in [0.2, 0.25) is 0 Å². The van der Waals surface area contributed by atoms with Gasteiger partial charge in [0, 0.05) is 18.8 Å². The molecule has 0 saturated carbocycles. The van der Waals surface area contributed by atoms with Gasteiger partial charge in [-0.15, -0.1) is 0 Å². The third-order valence-corrected chi connectivity index (χ3v) is 4.35. The number of carbonyl (C=O) groups excluding carboxylic acids is 1. The minimum absolute atomic E-state index is 0.0379. The van der Waals surface area contributed by atoms with Crippen molar-refractivity contribution in [2.24, 2.45) is 0 Å². The van der Waals surface area contributed by atoms with E-state index in [-0.39, 0.29) is 17.2 Å². The van der Waals surface area contributed by atoms with Gasteiger partial charge < -0.3 is 10.1 Å². The molecular weight excluding hydrogens is 426 g/mol. The van der Waals surface area contributed by atoms with Gasteiger partial charge in [0.05, 0.1) is 23.3 Å². The maximum Gasteiger partial charge on any atom is 0.416 e. The summed E-state index contributed by atoms with van der Waals surface area (Å²) >= 11 is 0. The van der Waals surface area contributed by atoms with E-state index in [0.29, 0.717) is 24.6 Å². The minimum atomic E-state index is -4.95. The molecule has 0 bridgehead atoms. The molecule has 0 spiro atoms. The van der Waals surface area contributed by atoms with Gasteiger partial charge in [-0.05, 0) is 36.2 Å². The second kappa shape index (κ2) is 10.5. The van der Waals surface area contributed by atoms with Gasteiger partial charge in [0.15, 0.2) is 0 Å². The summed E-state index contributed by atoms with van der Waals surface area (Å²) in [6.07, 6.45) is -4.57. The predicted molar refractivity (Wildman–Crippen MR) is 101 cm³/mol. The van der Waals surface area contributed by atoms with E-state index in [9.17, 15) is 31.1 Å². The number of ether oxygens (including phenoxy) is 1. The Balaban J connectivity index is 2.00. The standard InChI is InChI=1S/C21H22F6N2O2/c1-2-3-4-5-8-31-18-7-6-15(13-28-18)19(30)29-12-14-9-16(20(22,23)24)11-17(10-14)21(25,26)27/h6-7,9-11,13H,2-5,8,12H2,1H3,(H,29,30). The van der Waals surface area contributed by atoms with Gasteiger partial charge in [0.1, 0.15) is 0 Å². The second-order valence-electron chi connectivity index (χ2n) is 6.89. The summed E-state index contributed by atoms with van der Waals surface area (Å²) in [5.41, 5.74) is -3.10. The summed E-state index contributed by atoms with van der Waals surface area (Å²) in [6.45, 7) is 2.06. The molecule has 0 aliphatic rings. The number of carbonyl (C=O) groups is 1. The first-order valence-corrected chi connectivity index (χ1v) is 9.66. The first-order chi connectivity index (χ1) is 14.5. The quantitative estimate of drug-likeness (QED) is 0.378. The van der Waals surface area contributed by atoms with Gasteiger partial charge in [-0.25, -0.2) is 4.98 Å². The summed E-state index contributed by atoms with van der Waals surface area (Å²) in [7, 11) is 0. The Morgan fingerprint density at radius 3 is 2.13 bits per heavy atom. The molecule has 0 atom stereocenters. The highest BCUT2D eigenvalue weighted by atomic mass is 19.4. The number of hydrogen-bond donors (Lipinski definition) is 1. The van der Waals surface area contributed by atoms with Crippen molar-refractivity contribution in [3.05, 3.63) is 58.8 Å². The van der Waals surface area contributed by atoms with Crippen molar-refractivity contribution >= 4 is 5.91 Å². The normalized spacial score (nSPS) is 12.0. The van der Waals surface area contributed by atoms with Crippen molar-refractivity contribution in [3.8, 4) is 5.88 Å². The van der Waals surface area contributed by atoms with Crippen LogP contribution >= 0.6 is 0 Å². The van der Waals surface area contributed by atoms with E-state index in [1.165, 1.54) is 18.3 Å².